The van der Waals surface area contributed by atoms with Gasteiger partial charge in [-0.05, 0) is 20.8 Å². The number of hydrogen-bond donors (Lipinski definition) is 1. The van der Waals surface area contributed by atoms with Gasteiger partial charge in [-0.25, -0.2) is 4.98 Å². The summed E-state index contributed by atoms with van der Waals surface area (Å²) in [6.07, 6.45) is 0. The van der Waals surface area contributed by atoms with E-state index in [-0.39, 0.29) is 11.9 Å². The lowest BCUT2D eigenvalue weighted by Gasteiger charge is -2.08. The molecule has 14 heavy (non-hydrogen) atoms. The molecule has 1 heterocycles. The molecule has 1 aromatic rings. The molecule has 2 N–H and O–H groups in total. The summed E-state index contributed by atoms with van der Waals surface area (Å²) in [4.78, 5) is 16.5. The molecule has 5 heteroatoms. The van der Waals surface area contributed by atoms with Crippen LogP contribution in [0.5, 0.6) is 0 Å². The van der Waals surface area contributed by atoms with Gasteiger partial charge in [0.2, 0.25) is 0 Å². The fourth-order valence-corrected chi connectivity index (χ4v) is 1.99. The number of ether oxygens (including phenoxy) is 1. The average Bonchev–Trinajstić information content (AvgIpc) is 2.44. The van der Waals surface area contributed by atoms with Crippen LogP contribution < -0.4 is 5.73 Å². The number of carbonyl (C=O) groups is 1. The van der Waals surface area contributed by atoms with Crippen molar-refractivity contribution in [2.75, 3.05) is 12.3 Å². The maximum absolute atomic E-state index is 11.4. The van der Waals surface area contributed by atoms with Gasteiger partial charge in [-0.1, -0.05) is 0 Å². The Balaban J connectivity index is 2.83. The summed E-state index contributed by atoms with van der Waals surface area (Å²) >= 11 is 1.39. The summed E-state index contributed by atoms with van der Waals surface area (Å²) in [5.41, 5.74) is 6.27. The standard InChI is InChI=1S/C9H14N2O2S/c1-4-13-8(12)5(2)7-6(3)14-9(10)11-7/h5H,4H2,1-3H3,(H2,10,11)/t5-/m1/s1. The fraction of sp³-hybridized carbons (Fsp3) is 0.556. The lowest BCUT2D eigenvalue weighted by molar-refractivity contribution is -0.144. The highest BCUT2D eigenvalue weighted by Gasteiger charge is 2.21. The maximum Gasteiger partial charge on any atom is 0.314 e. The first-order valence-corrected chi connectivity index (χ1v) is 5.27. The van der Waals surface area contributed by atoms with Gasteiger partial charge in [-0.2, -0.15) is 0 Å². The zero-order chi connectivity index (χ0) is 10.7. The van der Waals surface area contributed by atoms with E-state index in [1.807, 2.05) is 6.92 Å². The summed E-state index contributed by atoms with van der Waals surface area (Å²) in [5.74, 6) is -0.579. The monoisotopic (exact) mass is 214 g/mol. The summed E-state index contributed by atoms with van der Waals surface area (Å²) < 4.78 is 4.91. The van der Waals surface area contributed by atoms with Gasteiger partial charge >= 0.3 is 5.97 Å². The average molecular weight is 214 g/mol. The third kappa shape index (κ3) is 2.23. The zero-order valence-corrected chi connectivity index (χ0v) is 9.35. The molecule has 0 amide bonds. The maximum atomic E-state index is 11.4. The van der Waals surface area contributed by atoms with Crippen LogP contribution in [0.2, 0.25) is 0 Å². The minimum atomic E-state index is -0.330. The minimum Gasteiger partial charge on any atom is -0.465 e. The molecule has 0 fully saturated rings. The van der Waals surface area contributed by atoms with Crippen LogP contribution in [0.3, 0.4) is 0 Å². The van der Waals surface area contributed by atoms with E-state index >= 15 is 0 Å². The van der Waals surface area contributed by atoms with Crippen molar-refractivity contribution < 1.29 is 9.53 Å². The molecule has 0 saturated carbocycles. The Morgan fingerprint density at radius 1 is 1.71 bits per heavy atom. The van der Waals surface area contributed by atoms with Crippen LogP contribution in [-0.2, 0) is 9.53 Å². The van der Waals surface area contributed by atoms with Gasteiger partial charge < -0.3 is 10.5 Å². The Hall–Kier alpha value is -1.10. The molecule has 0 radical (unpaired) electrons. The number of hydrogen-bond acceptors (Lipinski definition) is 5. The number of thiazole rings is 1. The SMILES string of the molecule is CCOC(=O)[C@H](C)c1nc(N)sc1C. The summed E-state index contributed by atoms with van der Waals surface area (Å²) in [5, 5.41) is 0.494. The number of anilines is 1. The van der Waals surface area contributed by atoms with Crippen molar-refractivity contribution in [1.29, 1.82) is 0 Å². The summed E-state index contributed by atoms with van der Waals surface area (Å²) in [6, 6.07) is 0. The third-order valence-corrected chi connectivity index (χ3v) is 2.72. The van der Waals surface area contributed by atoms with E-state index in [9.17, 15) is 4.79 Å². The lowest BCUT2D eigenvalue weighted by Crippen LogP contribution is -2.14. The number of rotatable bonds is 3. The molecule has 78 valence electrons. The number of aryl methyl sites for hydroxylation is 1. The van der Waals surface area contributed by atoms with Crippen molar-refractivity contribution in [2.45, 2.75) is 26.7 Å². The Bertz CT molecular complexity index is 336. The van der Waals surface area contributed by atoms with Gasteiger partial charge in [0.05, 0.1) is 18.2 Å². The largest absolute Gasteiger partial charge is 0.465 e. The second-order valence-electron chi connectivity index (χ2n) is 2.97. The van der Waals surface area contributed by atoms with Crippen LogP contribution in [0.4, 0.5) is 5.13 Å². The Morgan fingerprint density at radius 2 is 2.36 bits per heavy atom. The van der Waals surface area contributed by atoms with Crippen LogP contribution in [0.25, 0.3) is 0 Å². The molecule has 1 atom stereocenters. The normalized spacial score (nSPS) is 12.5. The number of aromatic nitrogens is 1. The van der Waals surface area contributed by atoms with Crippen LogP contribution in [0.1, 0.15) is 30.3 Å². The van der Waals surface area contributed by atoms with E-state index < -0.39 is 0 Å². The lowest BCUT2D eigenvalue weighted by atomic mass is 10.1. The van der Waals surface area contributed by atoms with Gasteiger partial charge in [0, 0.05) is 4.88 Å². The Labute approximate surface area is 87.1 Å². The molecular weight excluding hydrogens is 200 g/mol. The number of esters is 1. The first-order valence-electron chi connectivity index (χ1n) is 4.45. The second-order valence-corrected chi connectivity index (χ2v) is 4.20. The second kappa shape index (κ2) is 4.41. The zero-order valence-electron chi connectivity index (χ0n) is 8.53. The molecule has 0 spiro atoms. The number of carbonyl (C=O) groups excluding carboxylic acids is 1. The smallest absolute Gasteiger partial charge is 0.314 e. The highest BCUT2D eigenvalue weighted by atomic mass is 32.1. The van der Waals surface area contributed by atoms with Crippen molar-refractivity contribution in [3.63, 3.8) is 0 Å². The molecule has 0 aliphatic heterocycles. The Morgan fingerprint density at radius 3 is 2.79 bits per heavy atom. The Kier molecular flexibility index (Phi) is 3.46. The molecule has 1 rings (SSSR count). The quantitative estimate of drug-likeness (QED) is 0.778. The predicted molar refractivity (Wildman–Crippen MR) is 56.3 cm³/mol. The highest BCUT2D eigenvalue weighted by molar-refractivity contribution is 7.15. The van der Waals surface area contributed by atoms with Crippen molar-refractivity contribution in [1.82, 2.24) is 4.98 Å². The van der Waals surface area contributed by atoms with Crippen molar-refractivity contribution in [2.24, 2.45) is 0 Å². The first-order chi connectivity index (χ1) is 6.56. The molecule has 0 aliphatic rings. The van der Waals surface area contributed by atoms with Crippen molar-refractivity contribution >= 4 is 22.4 Å². The van der Waals surface area contributed by atoms with E-state index in [1.54, 1.807) is 13.8 Å². The number of nitrogens with two attached hydrogens (primary N) is 1. The van der Waals surface area contributed by atoms with E-state index in [0.29, 0.717) is 11.7 Å². The molecule has 0 unspecified atom stereocenters. The van der Waals surface area contributed by atoms with Gasteiger partial charge in [0.1, 0.15) is 0 Å². The van der Waals surface area contributed by atoms with Crippen molar-refractivity contribution in [3.05, 3.63) is 10.6 Å². The van der Waals surface area contributed by atoms with Crippen LogP contribution in [0.15, 0.2) is 0 Å². The van der Waals surface area contributed by atoms with Gasteiger partial charge in [0.25, 0.3) is 0 Å². The van der Waals surface area contributed by atoms with Gasteiger partial charge in [0.15, 0.2) is 5.13 Å². The molecule has 4 nitrogen and oxygen atoms in total. The highest BCUT2D eigenvalue weighted by Crippen LogP contribution is 2.26. The summed E-state index contributed by atoms with van der Waals surface area (Å²) in [7, 11) is 0. The third-order valence-electron chi connectivity index (χ3n) is 1.90. The van der Waals surface area contributed by atoms with Gasteiger partial charge in [-0.3, -0.25) is 4.79 Å². The fourth-order valence-electron chi connectivity index (χ4n) is 1.21. The molecular formula is C9H14N2O2S. The molecule has 0 aromatic carbocycles. The molecule has 1 aromatic heterocycles. The van der Waals surface area contributed by atoms with Crippen LogP contribution >= 0.6 is 11.3 Å². The number of nitrogens with zero attached hydrogens (tertiary/aromatic N) is 1. The van der Waals surface area contributed by atoms with Crippen LogP contribution in [-0.4, -0.2) is 17.6 Å². The van der Waals surface area contributed by atoms with Gasteiger partial charge in [-0.15, -0.1) is 11.3 Å². The van der Waals surface area contributed by atoms with E-state index in [0.717, 1.165) is 10.6 Å². The topological polar surface area (TPSA) is 65.2 Å². The molecule has 0 saturated heterocycles. The number of nitrogen functional groups attached to an aromatic ring is 1. The van der Waals surface area contributed by atoms with E-state index in [2.05, 4.69) is 4.98 Å². The van der Waals surface area contributed by atoms with E-state index in [4.69, 9.17) is 10.5 Å². The molecule has 0 aliphatic carbocycles. The first kappa shape index (κ1) is 11.0. The van der Waals surface area contributed by atoms with E-state index in [1.165, 1.54) is 11.3 Å². The predicted octanol–water partition coefficient (Wildman–Crippen LogP) is 1.70. The van der Waals surface area contributed by atoms with Crippen molar-refractivity contribution in [3.8, 4) is 0 Å². The minimum absolute atomic E-state index is 0.249. The summed E-state index contributed by atoms with van der Waals surface area (Å²) in [6.45, 7) is 5.85. The van der Waals surface area contributed by atoms with Crippen LogP contribution in [0, 0.1) is 6.92 Å². The molecule has 0 bridgehead atoms.